The molecule has 0 aliphatic heterocycles. The molecule has 104 valence electrons. The Bertz CT molecular complexity index is 540. The Labute approximate surface area is 119 Å². The van der Waals surface area contributed by atoms with E-state index in [1.807, 2.05) is 56.3 Å². The van der Waals surface area contributed by atoms with E-state index in [1.54, 1.807) is 17.3 Å². The largest absolute Gasteiger partial charge is 0.336 e. The molecule has 0 saturated heterocycles. The zero-order valence-corrected chi connectivity index (χ0v) is 11.8. The molecule has 0 saturated carbocycles. The fraction of sp³-hybridized carbons (Fsp3) is 0.250. The van der Waals surface area contributed by atoms with Crippen molar-refractivity contribution in [1.82, 2.24) is 10.3 Å². The van der Waals surface area contributed by atoms with Crippen molar-refractivity contribution in [3.8, 4) is 0 Å². The van der Waals surface area contributed by atoms with Gasteiger partial charge in [0.15, 0.2) is 0 Å². The summed E-state index contributed by atoms with van der Waals surface area (Å²) >= 11 is 0. The van der Waals surface area contributed by atoms with Crippen LogP contribution in [0.5, 0.6) is 0 Å². The number of nitrogens with zero attached hydrogens (tertiary/aromatic N) is 2. The number of carbonyl (C=O) groups is 1. The lowest BCUT2D eigenvalue weighted by atomic mass is 10.2. The molecular weight excluding hydrogens is 250 g/mol. The van der Waals surface area contributed by atoms with Crippen molar-refractivity contribution in [2.75, 3.05) is 4.90 Å². The molecule has 0 aliphatic carbocycles. The number of anilines is 1. The number of hydrogen-bond acceptors (Lipinski definition) is 2. The van der Waals surface area contributed by atoms with Crippen molar-refractivity contribution in [3.63, 3.8) is 0 Å². The molecule has 1 aromatic heterocycles. The molecule has 0 fully saturated rings. The van der Waals surface area contributed by atoms with Gasteiger partial charge in [0.2, 0.25) is 0 Å². The van der Waals surface area contributed by atoms with Crippen LogP contribution in [0.4, 0.5) is 10.5 Å². The molecule has 1 aromatic carbocycles. The van der Waals surface area contributed by atoms with E-state index in [9.17, 15) is 4.79 Å². The van der Waals surface area contributed by atoms with Gasteiger partial charge in [-0.2, -0.15) is 0 Å². The van der Waals surface area contributed by atoms with Crippen molar-refractivity contribution in [1.29, 1.82) is 0 Å². The lowest BCUT2D eigenvalue weighted by molar-refractivity contribution is 0.243. The maximum atomic E-state index is 12.4. The van der Waals surface area contributed by atoms with Crippen molar-refractivity contribution in [3.05, 3.63) is 60.4 Å². The van der Waals surface area contributed by atoms with Crippen molar-refractivity contribution in [2.24, 2.45) is 0 Å². The number of urea groups is 1. The summed E-state index contributed by atoms with van der Waals surface area (Å²) in [5.41, 5.74) is 1.87. The third kappa shape index (κ3) is 3.82. The van der Waals surface area contributed by atoms with E-state index in [-0.39, 0.29) is 12.1 Å². The SMILES string of the molecule is CC(C)NC(=O)N(Cc1cccnc1)c1ccccc1. The summed E-state index contributed by atoms with van der Waals surface area (Å²) in [6.45, 7) is 4.40. The number of benzene rings is 1. The number of pyridine rings is 1. The van der Waals surface area contributed by atoms with Crippen molar-refractivity contribution < 1.29 is 4.79 Å². The number of para-hydroxylation sites is 1. The van der Waals surface area contributed by atoms with Gasteiger partial charge in [0.1, 0.15) is 0 Å². The second kappa shape index (κ2) is 6.70. The highest BCUT2D eigenvalue weighted by atomic mass is 16.2. The minimum Gasteiger partial charge on any atom is -0.336 e. The Morgan fingerprint density at radius 1 is 1.20 bits per heavy atom. The molecule has 2 aromatic rings. The van der Waals surface area contributed by atoms with Crippen LogP contribution in [0.25, 0.3) is 0 Å². The van der Waals surface area contributed by atoms with Gasteiger partial charge in [-0.05, 0) is 37.6 Å². The molecule has 0 spiro atoms. The van der Waals surface area contributed by atoms with Crippen molar-refractivity contribution >= 4 is 11.7 Å². The van der Waals surface area contributed by atoms with Gasteiger partial charge >= 0.3 is 6.03 Å². The lowest BCUT2D eigenvalue weighted by Crippen LogP contribution is -2.42. The first-order valence-electron chi connectivity index (χ1n) is 6.69. The second-order valence-electron chi connectivity index (χ2n) is 4.89. The average molecular weight is 269 g/mol. The first-order valence-corrected chi connectivity index (χ1v) is 6.69. The molecule has 0 unspecified atom stereocenters. The molecule has 0 bridgehead atoms. The van der Waals surface area contributed by atoms with Gasteiger partial charge in [0, 0.05) is 24.1 Å². The summed E-state index contributed by atoms with van der Waals surface area (Å²) in [6, 6.07) is 13.5. The number of nitrogens with one attached hydrogen (secondary N) is 1. The highest BCUT2D eigenvalue weighted by Crippen LogP contribution is 2.16. The van der Waals surface area contributed by atoms with Crippen LogP contribution in [0.3, 0.4) is 0 Å². The molecule has 0 aliphatic rings. The average Bonchev–Trinajstić information content (AvgIpc) is 2.46. The fourth-order valence-electron chi connectivity index (χ4n) is 1.89. The predicted octanol–water partition coefficient (Wildman–Crippen LogP) is 3.21. The molecule has 0 radical (unpaired) electrons. The number of aromatic nitrogens is 1. The summed E-state index contributed by atoms with van der Waals surface area (Å²) in [4.78, 5) is 18.2. The first kappa shape index (κ1) is 14.1. The topological polar surface area (TPSA) is 45.2 Å². The smallest absolute Gasteiger partial charge is 0.322 e. The zero-order chi connectivity index (χ0) is 14.4. The molecule has 4 nitrogen and oxygen atoms in total. The quantitative estimate of drug-likeness (QED) is 0.926. The first-order chi connectivity index (χ1) is 9.66. The maximum absolute atomic E-state index is 12.4. The van der Waals surface area contributed by atoms with Gasteiger partial charge in [0.05, 0.1) is 6.54 Å². The Kier molecular flexibility index (Phi) is 4.71. The Balaban J connectivity index is 2.23. The Morgan fingerprint density at radius 3 is 2.55 bits per heavy atom. The van der Waals surface area contributed by atoms with Gasteiger partial charge in [-0.25, -0.2) is 4.79 Å². The van der Waals surface area contributed by atoms with E-state index >= 15 is 0 Å². The monoisotopic (exact) mass is 269 g/mol. The van der Waals surface area contributed by atoms with Gasteiger partial charge in [0.25, 0.3) is 0 Å². The van der Waals surface area contributed by atoms with E-state index < -0.39 is 0 Å². The van der Waals surface area contributed by atoms with Crippen LogP contribution >= 0.6 is 0 Å². The molecule has 1 heterocycles. The van der Waals surface area contributed by atoms with E-state index in [4.69, 9.17) is 0 Å². The minimum absolute atomic E-state index is 0.0996. The van der Waals surface area contributed by atoms with Crippen LogP contribution < -0.4 is 10.2 Å². The number of amides is 2. The molecule has 4 heteroatoms. The highest BCUT2D eigenvalue weighted by molar-refractivity contribution is 5.92. The van der Waals surface area contributed by atoms with Gasteiger partial charge in [-0.15, -0.1) is 0 Å². The van der Waals surface area contributed by atoms with E-state index in [0.717, 1.165) is 11.3 Å². The third-order valence-corrected chi connectivity index (χ3v) is 2.79. The number of rotatable bonds is 4. The van der Waals surface area contributed by atoms with E-state index in [1.165, 1.54) is 0 Å². The Hall–Kier alpha value is -2.36. The molecule has 20 heavy (non-hydrogen) atoms. The molecule has 2 amide bonds. The predicted molar refractivity (Wildman–Crippen MR) is 80.5 cm³/mol. The van der Waals surface area contributed by atoms with E-state index in [0.29, 0.717) is 6.54 Å². The molecule has 2 rings (SSSR count). The van der Waals surface area contributed by atoms with Crippen LogP contribution in [0.15, 0.2) is 54.9 Å². The standard InChI is InChI=1S/C16H19N3O/c1-13(2)18-16(20)19(15-8-4-3-5-9-15)12-14-7-6-10-17-11-14/h3-11,13H,12H2,1-2H3,(H,18,20). The highest BCUT2D eigenvalue weighted by Gasteiger charge is 2.16. The summed E-state index contributed by atoms with van der Waals surface area (Å²) < 4.78 is 0. The minimum atomic E-state index is -0.102. The number of hydrogen-bond donors (Lipinski definition) is 1. The summed E-state index contributed by atoms with van der Waals surface area (Å²) in [7, 11) is 0. The maximum Gasteiger partial charge on any atom is 0.322 e. The Morgan fingerprint density at radius 2 is 1.95 bits per heavy atom. The normalized spacial score (nSPS) is 10.3. The third-order valence-electron chi connectivity index (χ3n) is 2.79. The van der Waals surface area contributed by atoms with Crippen LogP contribution in [-0.2, 0) is 6.54 Å². The van der Waals surface area contributed by atoms with Gasteiger partial charge < -0.3 is 5.32 Å². The summed E-state index contributed by atoms with van der Waals surface area (Å²) in [5.74, 6) is 0. The summed E-state index contributed by atoms with van der Waals surface area (Å²) in [6.07, 6.45) is 3.50. The molecule has 0 atom stereocenters. The van der Waals surface area contributed by atoms with Crippen molar-refractivity contribution in [2.45, 2.75) is 26.4 Å². The lowest BCUT2D eigenvalue weighted by Gasteiger charge is -2.24. The van der Waals surface area contributed by atoms with Crippen LogP contribution in [0.2, 0.25) is 0 Å². The molecule has 1 N–H and O–H groups in total. The zero-order valence-electron chi connectivity index (χ0n) is 11.8. The van der Waals surface area contributed by atoms with Gasteiger partial charge in [-0.3, -0.25) is 9.88 Å². The van der Waals surface area contributed by atoms with Gasteiger partial charge in [-0.1, -0.05) is 24.3 Å². The second-order valence-corrected chi connectivity index (χ2v) is 4.89. The van der Waals surface area contributed by atoms with Crippen LogP contribution in [-0.4, -0.2) is 17.1 Å². The molecular formula is C16H19N3O. The summed E-state index contributed by atoms with van der Waals surface area (Å²) in [5, 5.41) is 2.93. The van der Waals surface area contributed by atoms with Crippen LogP contribution in [0.1, 0.15) is 19.4 Å². The fourth-order valence-corrected chi connectivity index (χ4v) is 1.89. The van der Waals surface area contributed by atoms with E-state index in [2.05, 4.69) is 10.3 Å². The number of carbonyl (C=O) groups excluding carboxylic acids is 1. The van der Waals surface area contributed by atoms with Crippen LogP contribution in [0, 0.1) is 0 Å².